The first-order valence-electron chi connectivity index (χ1n) is 5.55. The first-order chi connectivity index (χ1) is 8.76. The molecule has 0 spiro atoms. The number of alkyl halides is 3. The van der Waals surface area contributed by atoms with Crippen LogP contribution in [-0.4, -0.2) is 51.4 Å². The molecule has 0 aromatic carbocycles. The summed E-state index contributed by atoms with van der Waals surface area (Å²) in [7, 11) is 0. The fourth-order valence-corrected chi connectivity index (χ4v) is 2.24. The van der Waals surface area contributed by atoms with Crippen molar-refractivity contribution in [1.29, 1.82) is 0 Å². The number of carbonyl (C=O) groups is 1. The summed E-state index contributed by atoms with van der Waals surface area (Å²) in [5, 5.41) is 12.5. The Morgan fingerprint density at radius 3 is 2.58 bits per heavy atom. The Bertz CT molecular complexity index is 434. The summed E-state index contributed by atoms with van der Waals surface area (Å²) in [5.41, 5.74) is 0.375. The topological polar surface area (TPSA) is 66.3 Å². The fraction of sp³-hybridized carbons (Fsp3) is 0.700. The van der Waals surface area contributed by atoms with Crippen LogP contribution in [0.5, 0.6) is 0 Å². The molecule has 0 saturated heterocycles. The van der Waals surface area contributed by atoms with E-state index in [1.54, 1.807) is 13.8 Å². The lowest BCUT2D eigenvalue weighted by atomic mass is 10.1. The van der Waals surface area contributed by atoms with Crippen molar-refractivity contribution in [3.05, 3.63) is 10.6 Å². The fourth-order valence-electron chi connectivity index (χ4n) is 1.46. The van der Waals surface area contributed by atoms with Crippen LogP contribution in [0.2, 0.25) is 0 Å². The molecule has 0 aliphatic rings. The van der Waals surface area contributed by atoms with E-state index in [0.717, 1.165) is 11.5 Å². The van der Waals surface area contributed by atoms with E-state index in [1.807, 2.05) is 0 Å². The number of nitrogens with zero attached hydrogens (tertiary/aromatic N) is 3. The van der Waals surface area contributed by atoms with Crippen LogP contribution in [0.25, 0.3) is 0 Å². The van der Waals surface area contributed by atoms with Gasteiger partial charge in [0, 0.05) is 6.54 Å². The molecule has 9 heteroatoms. The summed E-state index contributed by atoms with van der Waals surface area (Å²) < 4.78 is 40.8. The molecular formula is C10H14F3N3O2S. The normalized spacial score (nSPS) is 11.9. The number of amides is 1. The SMILES string of the molecule is CC(C)c1nnsc1C(=O)N(CCO)CC(F)(F)F. The molecule has 108 valence electrons. The number of halogens is 3. The van der Waals surface area contributed by atoms with Crippen LogP contribution in [0.15, 0.2) is 0 Å². The zero-order valence-electron chi connectivity index (χ0n) is 10.4. The van der Waals surface area contributed by atoms with Gasteiger partial charge in [0.25, 0.3) is 5.91 Å². The summed E-state index contributed by atoms with van der Waals surface area (Å²) >= 11 is 0.765. The molecule has 0 unspecified atom stereocenters. The van der Waals surface area contributed by atoms with E-state index < -0.39 is 25.2 Å². The van der Waals surface area contributed by atoms with E-state index in [2.05, 4.69) is 9.59 Å². The van der Waals surface area contributed by atoms with Crippen molar-refractivity contribution >= 4 is 17.4 Å². The Balaban J connectivity index is 2.96. The van der Waals surface area contributed by atoms with E-state index in [4.69, 9.17) is 5.11 Å². The maximum absolute atomic E-state index is 12.4. The van der Waals surface area contributed by atoms with E-state index in [0.29, 0.717) is 10.6 Å². The Kier molecular flexibility index (Phi) is 5.24. The highest BCUT2D eigenvalue weighted by Crippen LogP contribution is 2.23. The van der Waals surface area contributed by atoms with Gasteiger partial charge in [-0.15, -0.1) is 5.10 Å². The molecule has 1 N–H and O–H groups in total. The minimum atomic E-state index is -4.51. The van der Waals surface area contributed by atoms with Crippen molar-refractivity contribution < 1.29 is 23.1 Å². The van der Waals surface area contributed by atoms with Gasteiger partial charge < -0.3 is 10.0 Å². The van der Waals surface area contributed by atoms with Crippen molar-refractivity contribution in [3.63, 3.8) is 0 Å². The first kappa shape index (κ1) is 15.8. The van der Waals surface area contributed by atoms with Crippen LogP contribution in [0, 0.1) is 0 Å². The molecule has 1 amide bonds. The van der Waals surface area contributed by atoms with Crippen LogP contribution in [0.3, 0.4) is 0 Å². The summed E-state index contributed by atoms with van der Waals surface area (Å²) in [5.74, 6) is -0.912. The number of hydrogen-bond donors (Lipinski definition) is 1. The van der Waals surface area contributed by atoms with Gasteiger partial charge in [-0.25, -0.2) is 0 Å². The molecule has 0 fully saturated rings. The second-order valence-electron chi connectivity index (χ2n) is 4.21. The molecule has 1 aromatic heterocycles. The molecule has 0 radical (unpaired) electrons. The maximum Gasteiger partial charge on any atom is 0.406 e. The summed E-state index contributed by atoms with van der Waals surface area (Å²) in [6, 6.07) is 0. The number of aromatic nitrogens is 2. The van der Waals surface area contributed by atoms with Crippen LogP contribution >= 0.6 is 11.5 Å². The number of hydrogen-bond acceptors (Lipinski definition) is 5. The van der Waals surface area contributed by atoms with Gasteiger partial charge in [-0.2, -0.15) is 13.2 Å². The second-order valence-corrected chi connectivity index (χ2v) is 4.96. The van der Waals surface area contributed by atoms with E-state index >= 15 is 0 Å². The van der Waals surface area contributed by atoms with Crippen LogP contribution in [0.1, 0.15) is 35.1 Å². The molecule has 0 saturated carbocycles. The van der Waals surface area contributed by atoms with E-state index in [9.17, 15) is 18.0 Å². The predicted octanol–water partition coefficient (Wildman–Crippen LogP) is 1.66. The van der Waals surface area contributed by atoms with Crippen LogP contribution in [-0.2, 0) is 0 Å². The molecule has 5 nitrogen and oxygen atoms in total. The van der Waals surface area contributed by atoms with Gasteiger partial charge in [0.2, 0.25) is 0 Å². The zero-order chi connectivity index (χ0) is 14.6. The minimum absolute atomic E-state index is 0.0905. The lowest BCUT2D eigenvalue weighted by molar-refractivity contribution is -0.141. The van der Waals surface area contributed by atoms with Gasteiger partial charge in [-0.05, 0) is 17.5 Å². The number of aliphatic hydroxyl groups excluding tert-OH is 1. The molecule has 1 heterocycles. The first-order valence-corrected chi connectivity index (χ1v) is 6.32. The van der Waals surface area contributed by atoms with Crippen molar-refractivity contribution in [1.82, 2.24) is 14.5 Å². The third kappa shape index (κ3) is 4.43. The standard InChI is InChI=1S/C10H14F3N3O2S/c1-6(2)7-8(19-15-14-7)9(18)16(3-4-17)5-10(11,12)13/h6,17H,3-5H2,1-2H3. The molecular weight excluding hydrogens is 283 g/mol. The summed E-state index contributed by atoms with van der Waals surface area (Å²) in [6.07, 6.45) is -4.51. The molecule has 1 rings (SSSR count). The van der Waals surface area contributed by atoms with Crippen LogP contribution in [0.4, 0.5) is 13.2 Å². The summed E-state index contributed by atoms with van der Waals surface area (Å²) in [6.45, 7) is 1.22. The molecule has 1 aromatic rings. The third-order valence-corrected chi connectivity index (χ3v) is 3.01. The van der Waals surface area contributed by atoms with Gasteiger partial charge in [0.1, 0.15) is 11.4 Å². The largest absolute Gasteiger partial charge is 0.406 e. The Morgan fingerprint density at radius 1 is 1.47 bits per heavy atom. The number of rotatable bonds is 5. The molecule has 0 aliphatic heterocycles. The second kappa shape index (κ2) is 6.29. The Morgan fingerprint density at radius 2 is 2.11 bits per heavy atom. The maximum atomic E-state index is 12.4. The van der Waals surface area contributed by atoms with Crippen LogP contribution < -0.4 is 0 Å². The van der Waals surface area contributed by atoms with E-state index in [1.165, 1.54) is 0 Å². The van der Waals surface area contributed by atoms with Crippen molar-refractivity contribution in [3.8, 4) is 0 Å². The van der Waals surface area contributed by atoms with Gasteiger partial charge in [-0.1, -0.05) is 18.3 Å². The molecule has 0 aliphatic carbocycles. The predicted molar refractivity (Wildman–Crippen MR) is 63.0 cm³/mol. The average molecular weight is 297 g/mol. The molecule has 19 heavy (non-hydrogen) atoms. The van der Waals surface area contributed by atoms with Gasteiger partial charge in [0.15, 0.2) is 0 Å². The minimum Gasteiger partial charge on any atom is -0.395 e. The zero-order valence-corrected chi connectivity index (χ0v) is 11.3. The van der Waals surface area contributed by atoms with Gasteiger partial charge in [0.05, 0.1) is 12.3 Å². The van der Waals surface area contributed by atoms with Crippen molar-refractivity contribution in [2.24, 2.45) is 0 Å². The van der Waals surface area contributed by atoms with Crippen molar-refractivity contribution in [2.45, 2.75) is 25.9 Å². The molecule has 0 atom stereocenters. The summed E-state index contributed by atoms with van der Waals surface area (Å²) in [4.78, 5) is 12.7. The highest BCUT2D eigenvalue weighted by atomic mass is 32.1. The highest BCUT2D eigenvalue weighted by Gasteiger charge is 2.34. The number of carbonyl (C=O) groups excluding carboxylic acids is 1. The Hall–Kier alpha value is -1.22. The van der Waals surface area contributed by atoms with Gasteiger partial charge in [-0.3, -0.25) is 4.79 Å². The lowest BCUT2D eigenvalue weighted by Gasteiger charge is -2.22. The molecule has 0 bridgehead atoms. The van der Waals surface area contributed by atoms with Gasteiger partial charge >= 0.3 is 6.18 Å². The monoisotopic (exact) mass is 297 g/mol. The van der Waals surface area contributed by atoms with E-state index in [-0.39, 0.29) is 17.3 Å². The quantitative estimate of drug-likeness (QED) is 0.897. The van der Waals surface area contributed by atoms with Crippen molar-refractivity contribution in [2.75, 3.05) is 19.7 Å². The lowest BCUT2D eigenvalue weighted by Crippen LogP contribution is -2.40. The number of aliphatic hydroxyl groups is 1. The third-order valence-electron chi connectivity index (χ3n) is 2.28. The smallest absolute Gasteiger partial charge is 0.395 e. The Labute approximate surface area is 112 Å². The average Bonchev–Trinajstić information content (AvgIpc) is 2.74. The highest BCUT2D eigenvalue weighted by molar-refractivity contribution is 7.08.